The Hall–Kier alpha value is -1.82. The van der Waals surface area contributed by atoms with Gasteiger partial charge >= 0.3 is 5.97 Å². The van der Waals surface area contributed by atoms with Gasteiger partial charge in [0.2, 0.25) is 5.91 Å². The molecule has 0 aromatic heterocycles. The highest BCUT2D eigenvalue weighted by Crippen LogP contribution is 2.20. The summed E-state index contributed by atoms with van der Waals surface area (Å²) >= 11 is 1.32. The number of Topliss-reactive ketones (excluding diaryl/α,β-unsaturated/α-hetero) is 1. The molecule has 0 radical (unpaired) electrons. The van der Waals surface area contributed by atoms with Crippen molar-refractivity contribution in [1.29, 1.82) is 0 Å². The van der Waals surface area contributed by atoms with E-state index in [1.807, 2.05) is 0 Å². The van der Waals surface area contributed by atoms with Crippen LogP contribution in [0.4, 0.5) is 0 Å². The number of hydrogen-bond acceptors (Lipinski definition) is 4. The van der Waals surface area contributed by atoms with E-state index >= 15 is 0 Å². The number of carbonyl (C=O) groups is 3. The van der Waals surface area contributed by atoms with Crippen molar-refractivity contribution in [2.75, 3.05) is 5.75 Å². The summed E-state index contributed by atoms with van der Waals surface area (Å²) in [7, 11) is 0. The van der Waals surface area contributed by atoms with Gasteiger partial charge in [-0.25, -0.2) is 4.79 Å². The van der Waals surface area contributed by atoms with Gasteiger partial charge in [0.05, 0.1) is 0 Å². The topological polar surface area (TPSA) is 83.5 Å². The predicted octanol–water partition coefficient (Wildman–Crippen LogP) is 1.96. The number of carbonyl (C=O) groups excluding carboxylic acids is 2. The first-order valence-electron chi connectivity index (χ1n) is 6.20. The minimum absolute atomic E-state index is 0.0724. The Morgan fingerprint density at radius 3 is 2.30 bits per heavy atom. The molecule has 0 aliphatic heterocycles. The molecule has 6 heteroatoms. The third kappa shape index (κ3) is 5.05. The molecule has 1 aromatic rings. The van der Waals surface area contributed by atoms with Crippen molar-refractivity contribution in [3.05, 3.63) is 29.8 Å². The first kappa shape index (κ1) is 16.2. The maximum atomic E-state index is 11.5. The minimum atomic E-state index is -1.06. The number of aliphatic carboxylic acids is 1. The predicted molar refractivity (Wildman–Crippen MR) is 77.0 cm³/mol. The van der Waals surface area contributed by atoms with Crippen LogP contribution in [-0.4, -0.2) is 34.6 Å². The van der Waals surface area contributed by atoms with Crippen molar-refractivity contribution in [1.82, 2.24) is 5.32 Å². The van der Waals surface area contributed by atoms with Crippen LogP contribution in [-0.2, 0) is 9.59 Å². The lowest BCUT2D eigenvalue weighted by molar-refractivity contribution is -0.140. The van der Waals surface area contributed by atoms with E-state index in [0.717, 1.165) is 4.90 Å². The van der Waals surface area contributed by atoms with Crippen molar-refractivity contribution in [2.24, 2.45) is 0 Å². The molecule has 1 amide bonds. The van der Waals surface area contributed by atoms with Gasteiger partial charge in [0.1, 0.15) is 6.04 Å². The lowest BCUT2D eigenvalue weighted by Crippen LogP contribution is -2.41. The van der Waals surface area contributed by atoms with Crippen molar-refractivity contribution in [3.63, 3.8) is 0 Å². The summed E-state index contributed by atoms with van der Waals surface area (Å²) in [5.41, 5.74) is 0.647. The summed E-state index contributed by atoms with van der Waals surface area (Å²) in [6.07, 6.45) is 0.454. The van der Waals surface area contributed by atoms with Crippen LogP contribution in [0, 0.1) is 0 Å². The van der Waals surface area contributed by atoms with Gasteiger partial charge in [-0.3, -0.25) is 9.59 Å². The molecule has 108 valence electrons. The van der Waals surface area contributed by atoms with E-state index < -0.39 is 12.0 Å². The molecule has 0 bridgehead atoms. The van der Waals surface area contributed by atoms with Crippen molar-refractivity contribution in [2.45, 2.75) is 31.2 Å². The molecule has 0 fully saturated rings. The average molecular weight is 295 g/mol. The van der Waals surface area contributed by atoms with E-state index in [0.29, 0.717) is 12.0 Å². The zero-order chi connectivity index (χ0) is 15.1. The third-order valence-corrected chi connectivity index (χ3v) is 3.70. The monoisotopic (exact) mass is 295 g/mol. The molecule has 1 unspecified atom stereocenters. The van der Waals surface area contributed by atoms with E-state index in [-0.39, 0.29) is 17.4 Å². The Morgan fingerprint density at radius 2 is 1.85 bits per heavy atom. The zero-order valence-corrected chi connectivity index (χ0v) is 12.2. The van der Waals surface area contributed by atoms with Crippen LogP contribution in [0.15, 0.2) is 29.2 Å². The van der Waals surface area contributed by atoms with Gasteiger partial charge in [0.25, 0.3) is 0 Å². The quantitative estimate of drug-likeness (QED) is 0.593. The summed E-state index contributed by atoms with van der Waals surface area (Å²) in [6, 6.07) is 6.08. The van der Waals surface area contributed by atoms with Crippen LogP contribution in [0.1, 0.15) is 30.6 Å². The second-order valence-corrected chi connectivity index (χ2v) is 5.30. The van der Waals surface area contributed by atoms with E-state index in [9.17, 15) is 14.4 Å². The van der Waals surface area contributed by atoms with Crippen molar-refractivity contribution in [3.8, 4) is 0 Å². The third-order valence-electron chi connectivity index (χ3n) is 2.59. The Bertz CT molecular complexity index is 498. The maximum Gasteiger partial charge on any atom is 0.327 e. The number of ketones is 1. The van der Waals surface area contributed by atoms with Crippen LogP contribution in [0.5, 0.6) is 0 Å². The van der Waals surface area contributed by atoms with Gasteiger partial charge < -0.3 is 10.4 Å². The van der Waals surface area contributed by atoms with Gasteiger partial charge in [-0.2, -0.15) is 0 Å². The van der Waals surface area contributed by atoms with Gasteiger partial charge in [0, 0.05) is 29.6 Å². The highest BCUT2D eigenvalue weighted by atomic mass is 32.2. The molecule has 2 N–H and O–H groups in total. The molecule has 0 saturated heterocycles. The molecule has 1 atom stereocenters. The van der Waals surface area contributed by atoms with E-state index in [4.69, 9.17) is 5.11 Å². The lowest BCUT2D eigenvalue weighted by Gasteiger charge is -2.12. The van der Waals surface area contributed by atoms with Crippen LogP contribution < -0.4 is 5.32 Å². The number of carboxylic acid groups (broad SMARTS) is 1. The van der Waals surface area contributed by atoms with Gasteiger partial charge in [-0.1, -0.05) is 19.1 Å². The van der Waals surface area contributed by atoms with Crippen LogP contribution in [0.25, 0.3) is 0 Å². The number of benzene rings is 1. The van der Waals surface area contributed by atoms with Gasteiger partial charge in [-0.05, 0) is 12.1 Å². The number of rotatable bonds is 7. The molecule has 5 nitrogen and oxygen atoms in total. The minimum Gasteiger partial charge on any atom is -0.480 e. The van der Waals surface area contributed by atoms with Crippen LogP contribution >= 0.6 is 11.8 Å². The zero-order valence-electron chi connectivity index (χ0n) is 11.4. The Morgan fingerprint density at radius 1 is 1.25 bits per heavy atom. The fourth-order valence-corrected chi connectivity index (χ4v) is 2.45. The smallest absolute Gasteiger partial charge is 0.327 e. The summed E-state index contributed by atoms with van der Waals surface area (Å²) in [5, 5.41) is 11.4. The first-order chi connectivity index (χ1) is 9.43. The van der Waals surface area contributed by atoms with Crippen LogP contribution in [0.3, 0.4) is 0 Å². The Labute approximate surface area is 121 Å². The molecule has 1 rings (SSSR count). The fraction of sp³-hybridized carbons (Fsp3) is 0.357. The maximum absolute atomic E-state index is 11.5. The standard InChI is InChI=1S/C14H17NO4S/c1-3-13(17)10-4-6-11(7-5-10)20-8-12(14(18)19)15-9(2)16/h4-7,12H,3,8H2,1-2H3,(H,15,16)(H,18,19). The van der Waals surface area contributed by atoms with Crippen LogP contribution in [0.2, 0.25) is 0 Å². The summed E-state index contributed by atoms with van der Waals surface area (Å²) in [6.45, 7) is 3.08. The molecule has 0 spiro atoms. The number of hydrogen-bond donors (Lipinski definition) is 2. The van der Waals surface area contributed by atoms with Crippen molar-refractivity contribution >= 4 is 29.4 Å². The van der Waals surface area contributed by atoms with E-state index in [2.05, 4.69) is 5.32 Å². The molecular weight excluding hydrogens is 278 g/mol. The lowest BCUT2D eigenvalue weighted by atomic mass is 10.1. The van der Waals surface area contributed by atoms with Gasteiger partial charge in [0.15, 0.2) is 5.78 Å². The Balaban J connectivity index is 2.62. The summed E-state index contributed by atoms with van der Waals surface area (Å²) < 4.78 is 0. The number of amides is 1. The molecule has 1 aromatic carbocycles. The molecule has 20 heavy (non-hydrogen) atoms. The van der Waals surface area contributed by atoms with Crippen molar-refractivity contribution < 1.29 is 19.5 Å². The molecular formula is C14H17NO4S. The summed E-state index contributed by atoms with van der Waals surface area (Å²) in [5.74, 6) is -1.13. The number of carboxylic acids is 1. The molecule has 0 aliphatic carbocycles. The Kier molecular flexibility index (Phi) is 6.24. The van der Waals surface area contributed by atoms with E-state index in [1.54, 1.807) is 31.2 Å². The number of thioether (sulfide) groups is 1. The van der Waals surface area contributed by atoms with Gasteiger partial charge in [-0.15, -0.1) is 11.8 Å². The highest BCUT2D eigenvalue weighted by molar-refractivity contribution is 7.99. The fourth-order valence-electron chi connectivity index (χ4n) is 1.54. The normalized spacial score (nSPS) is 11.7. The second kappa shape index (κ2) is 7.69. The SMILES string of the molecule is CCC(=O)c1ccc(SCC(NC(C)=O)C(=O)O)cc1. The number of nitrogens with one attached hydrogen (secondary N) is 1. The molecule has 0 aliphatic rings. The first-order valence-corrected chi connectivity index (χ1v) is 7.18. The largest absolute Gasteiger partial charge is 0.480 e. The molecule has 0 heterocycles. The molecule has 0 saturated carbocycles. The highest BCUT2D eigenvalue weighted by Gasteiger charge is 2.18. The summed E-state index contributed by atoms with van der Waals surface area (Å²) in [4.78, 5) is 34.2. The van der Waals surface area contributed by atoms with E-state index in [1.165, 1.54) is 18.7 Å². The second-order valence-electron chi connectivity index (χ2n) is 4.20. The average Bonchev–Trinajstić information content (AvgIpc) is 2.42.